The Hall–Kier alpha value is -2.29. The smallest absolute Gasteiger partial charge is 0.258 e. The molecule has 3 nitrogen and oxygen atoms in total. The molecule has 0 heterocycles. The van der Waals surface area contributed by atoms with Gasteiger partial charge in [0.05, 0.1) is 0 Å². The second-order valence-corrected chi connectivity index (χ2v) is 4.60. The summed E-state index contributed by atoms with van der Waals surface area (Å²) in [5.74, 6) is 0.0201. The van der Waals surface area contributed by atoms with Crippen LogP contribution in [-0.2, 0) is 0 Å². The van der Waals surface area contributed by atoms with Crippen LogP contribution in [0.3, 0.4) is 0 Å². The molecule has 2 aromatic carbocycles. The Morgan fingerprint density at radius 2 is 1.74 bits per heavy atom. The maximum atomic E-state index is 12.5. The molecule has 0 aromatic heterocycles. The number of amides is 1. The summed E-state index contributed by atoms with van der Waals surface area (Å²) >= 11 is 0. The van der Waals surface area contributed by atoms with Crippen LogP contribution in [0.4, 0.5) is 5.69 Å². The Balaban J connectivity index is 2.40. The first-order chi connectivity index (χ1) is 9.02. The highest BCUT2D eigenvalue weighted by atomic mass is 16.3. The highest BCUT2D eigenvalue weighted by Crippen LogP contribution is 2.24. The van der Waals surface area contributed by atoms with Gasteiger partial charge in [-0.2, -0.15) is 0 Å². The highest BCUT2D eigenvalue weighted by Gasteiger charge is 2.17. The van der Waals surface area contributed by atoms with Gasteiger partial charge in [-0.05, 0) is 37.6 Å². The van der Waals surface area contributed by atoms with E-state index in [-0.39, 0.29) is 11.7 Å². The SMILES string of the molecule is Cc1ccccc1N(C)C(=O)c1cccc(O)c1C. The zero-order chi connectivity index (χ0) is 14.0. The fraction of sp³-hybridized carbons (Fsp3) is 0.188. The van der Waals surface area contributed by atoms with Gasteiger partial charge in [-0.3, -0.25) is 4.79 Å². The second kappa shape index (κ2) is 5.14. The largest absolute Gasteiger partial charge is 0.508 e. The molecule has 0 saturated heterocycles. The van der Waals surface area contributed by atoms with Gasteiger partial charge in [0.2, 0.25) is 0 Å². The van der Waals surface area contributed by atoms with E-state index in [1.807, 2.05) is 31.2 Å². The number of aromatic hydroxyl groups is 1. The minimum absolute atomic E-state index is 0.122. The van der Waals surface area contributed by atoms with Crippen molar-refractivity contribution >= 4 is 11.6 Å². The molecule has 2 aromatic rings. The molecule has 0 atom stereocenters. The Morgan fingerprint density at radius 1 is 1.05 bits per heavy atom. The van der Waals surface area contributed by atoms with Crippen LogP contribution in [0.25, 0.3) is 0 Å². The van der Waals surface area contributed by atoms with Gasteiger partial charge in [0.1, 0.15) is 5.75 Å². The highest BCUT2D eigenvalue weighted by molar-refractivity contribution is 6.07. The predicted octanol–water partition coefficient (Wildman–Crippen LogP) is 3.29. The van der Waals surface area contributed by atoms with Crippen molar-refractivity contribution in [3.05, 3.63) is 59.2 Å². The molecule has 0 aliphatic rings. The summed E-state index contributed by atoms with van der Waals surface area (Å²) in [6.07, 6.45) is 0. The van der Waals surface area contributed by atoms with Crippen molar-refractivity contribution in [3.63, 3.8) is 0 Å². The van der Waals surface area contributed by atoms with E-state index in [9.17, 15) is 9.90 Å². The number of carbonyl (C=O) groups excluding carboxylic acids is 1. The van der Waals surface area contributed by atoms with Crippen molar-refractivity contribution in [1.29, 1.82) is 0 Å². The van der Waals surface area contributed by atoms with Crippen molar-refractivity contribution in [1.82, 2.24) is 0 Å². The minimum Gasteiger partial charge on any atom is -0.508 e. The van der Waals surface area contributed by atoms with Crippen molar-refractivity contribution < 1.29 is 9.90 Å². The normalized spacial score (nSPS) is 10.3. The third-order valence-electron chi connectivity index (χ3n) is 3.32. The summed E-state index contributed by atoms with van der Waals surface area (Å²) in [5.41, 5.74) is 3.03. The molecule has 0 radical (unpaired) electrons. The van der Waals surface area contributed by atoms with Crippen molar-refractivity contribution in [3.8, 4) is 5.75 Å². The second-order valence-electron chi connectivity index (χ2n) is 4.60. The number of hydrogen-bond donors (Lipinski definition) is 1. The zero-order valence-corrected chi connectivity index (χ0v) is 11.3. The molecule has 0 aliphatic heterocycles. The fourth-order valence-corrected chi connectivity index (χ4v) is 2.08. The molecule has 0 saturated carbocycles. The van der Waals surface area contributed by atoms with E-state index >= 15 is 0 Å². The van der Waals surface area contributed by atoms with E-state index < -0.39 is 0 Å². The van der Waals surface area contributed by atoms with Crippen LogP contribution in [0.15, 0.2) is 42.5 Å². The Kier molecular flexibility index (Phi) is 3.56. The van der Waals surface area contributed by atoms with Gasteiger partial charge in [-0.1, -0.05) is 24.3 Å². The van der Waals surface area contributed by atoms with E-state index in [0.717, 1.165) is 11.3 Å². The van der Waals surface area contributed by atoms with Crippen LogP contribution in [-0.4, -0.2) is 18.1 Å². The van der Waals surface area contributed by atoms with E-state index in [2.05, 4.69) is 0 Å². The molecule has 3 heteroatoms. The predicted molar refractivity (Wildman–Crippen MR) is 76.8 cm³/mol. The molecule has 19 heavy (non-hydrogen) atoms. The molecule has 0 spiro atoms. The topological polar surface area (TPSA) is 40.5 Å². The number of nitrogens with zero attached hydrogens (tertiary/aromatic N) is 1. The summed E-state index contributed by atoms with van der Waals surface area (Å²) < 4.78 is 0. The first-order valence-corrected chi connectivity index (χ1v) is 6.14. The lowest BCUT2D eigenvalue weighted by atomic mass is 10.1. The van der Waals surface area contributed by atoms with Crippen molar-refractivity contribution in [2.45, 2.75) is 13.8 Å². The van der Waals surface area contributed by atoms with Crippen LogP contribution in [0.5, 0.6) is 5.75 Å². The van der Waals surface area contributed by atoms with Crippen LogP contribution in [0.2, 0.25) is 0 Å². The Labute approximate surface area is 113 Å². The summed E-state index contributed by atoms with van der Waals surface area (Å²) in [6.45, 7) is 3.71. The third-order valence-corrected chi connectivity index (χ3v) is 3.32. The number of para-hydroxylation sites is 1. The number of aryl methyl sites for hydroxylation is 1. The van der Waals surface area contributed by atoms with Crippen LogP contribution >= 0.6 is 0 Å². The molecule has 2 rings (SSSR count). The van der Waals surface area contributed by atoms with Gasteiger partial charge in [0.25, 0.3) is 5.91 Å². The Bertz CT molecular complexity index is 620. The fourth-order valence-electron chi connectivity index (χ4n) is 2.08. The lowest BCUT2D eigenvalue weighted by Gasteiger charge is -2.20. The molecule has 0 aliphatic carbocycles. The summed E-state index contributed by atoms with van der Waals surface area (Å²) in [5, 5.41) is 9.69. The van der Waals surface area contributed by atoms with Gasteiger partial charge in [0.15, 0.2) is 0 Å². The van der Waals surface area contributed by atoms with Gasteiger partial charge in [-0.15, -0.1) is 0 Å². The first kappa shape index (κ1) is 13.1. The number of anilines is 1. The first-order valence-electron chi connectivity index (χ1n) is 6.14. The van der Waals surface area contributed by atoms with Gasteiger partial charge in [0, 0.05) is 23.9 Å². The molecular formula is C16H17NO2. The lowest BCUT2D eigenvalue weighted by Crippen LogP contribution is -2.27. The molecule has 0 fully saturated rings. The molecule has 0 unspecified atom stereocenters. The van der Waals surface area contributed by atoms with Gasteiger partial charge in [-0.25, -0.2) is 0 Å². The van der Waals surface area contributed by atoms with Crippen LogP contribution in [0.1, 0.15) is 21.5 Å². The van der Waals surface area contributed by atoms with Gasteiger partial charge < -0.3 is 10.0 Å². The van der Waals surface area contributed by atoms with Crippen molar-refractivity contribution in [2.75, 3.05) is 11.9 Å². The Morgan fingerprint density at radius 3 is 2.42 bits per heavy atom. The standard InChI is InChI=1S/C16H17NO2/c1-11-7-4-5-9-14(11)17(3)16(19)13-8-6-10-15(18)12(13)2/h4-10,18H,1-3H3. The quantitative estimate of drug-likeness (QED) is 0.894. The van der Waals surface area contributed by atoms with E-state index in [0.29, 0.717) is 11.1 Å². The molecule has 0 bridgehead atoms. The average Bonchev–Trinajstić information content (AvgIpc) is 2.41. The van der Waals surface area contributed by atoms with Crippen LogP contribution in [0, 0.1) is 13.8 Å². The third kappa shape index (κ3) is 2.45. The molecule has 1 amide bonds. The maximum absolute atomic E-state index is 12.5. The molecule has 98 valence electrons. The summed E-state index contributed by atoms with van der Waals surface area (Å²) in [4.78, 5) is 14.1. The number of carbonyl (C=O) groups is 1. The average molecular weight is 255 g/mol. The number of benzene rings is 2. The molecule has 1 N–H and O–H groups in total. The minimum atomic E-state index is -0.122. The van der Waals surface area contributed by atoms with E-state index in [1.165, 1.54) is 0 Å². The van der Waals surface area contributed by atoms with Gasteiger partial charge >= 0.3 is 0 Å². The summed E-state index contributed by atoms with van der Waals surface area (Å²) in [7, 11) is 1.74. The zero-order valence-electron chi connectivity index (χ0n) is 11.3. The van der Waals surface area contributed by atoms with E-state index in [4.69, 9.17) is 0 Å². The lowest BCUT2D eigenvalue weighted by molar-refractivity contribution is 0.0992. The maximum Gasteiger partial charge on any atom is 0.258 e. The summed E-state index contributed by atoms with van der Waals surface area (Å²) in [6, 6.07) is 12.7. The number of rotatable bonds is 2. The van der Waals surface area contributed by atoms with E-state index in [1.54, 1.807) is 37.1 Å². The number of phenols is 1. The molecular weight excluding hydrogens is 238 g/mol. The number of phenolic OH excluding ortho intramolecular Hbond substituents is 1. The monoisotopic (exact) mass is 255 g/mol. The number of hydrogen-bond acceptors (Lipinski definition) is 2. The van der Waals surface area contributed by atoms with Crippen LogP contribution < -0.4 is 4.90 Å². The van der Waals surface area contributed by atoms with Crippen molar-refractivity contribution in [2.24, 2.45) is 0 Å².